The maximum Gasteiger partial charge on any atom is 0.241 e. The Morgan fingerprint density at radius 1 is 1.17 bits per heavy atom. The summed E-state index contributed by atoms with van der Waals surface area (Å²) in [4.78, 5) is 19.6. The number of likely N-dealkylation sites (tertiary alicyclic amines) is 1. The summed E-state index contributed by atoms with van der Waals surface area (Å²) in [6, 6.07) is 11.0. The molecule has 0 radical (unpaired) electrons. The molecule has 0 saturated carbocycles. The number of hydrogen-bond acceptors (Lipinski definition) is 8. The van der Waals surface area contributed by atoms with Crippen molar-refractivity contribution in [2.24, 2.45) is 5.92 Å². The van der Waals surface area contributed by atoms with Crippen LogP contribution in [0.2, 0.25) is 5.02 Å². The molecule has 1 unspecified atom stereocenters. The smallest absolute Gasteiger partial charge is 0.241 e. The molecule has 1 saturated heterocycles. The summed E-state index contributed by atoms with van der Waals surface area (Å²) in [6.07, 6.45) is 1.74. The summed E-state index contributed by atoms with van der Waals surface area (Å²) >= 11 is 6.24. The van der Waals surface area contributed by atoms with E-state index < -0.39 is 0 Å². The van der Waals surface area contributed by atoms with E-state index in [4.69, 9.17) is 30.3 Å². The van der Waals surface area contributed by atoms with Crippen LogP contribution in [0.15, 0.2) is 40.9 Å². The molecule has 3 aromatic rings. The molecule has 1 atom stereocenters. The van der Waals surface area contributed by atoms with Gasteiger partial charge in [0.05, 0.1) is 38.8 Å². The minimum absolute atomic E-state index is 0.00531. The number of hydrogen-bond donors (Lipinski definition) is 1. The van der Waals surface area contributed by atoms with E-state index in [2.05, 4.69) is 20.4 Å². The van der Waals surface area contributed by atoms with Crippen LogP contribution < -0.4 is 19.5 Å². The van der Waals surface area contributed by atoms with Crippen LogP contribution in [0, 0.1) is 5.92 Å². The highest BCUT2D eigenvalue weighted by molar-refractivity contribution is 6.33. The Balaban J connectivity index is 1.35. The summed E-state index contributed by atoms with van der Waals surface area (Å²) in [5, 5.41) is 7.68. The van der Waals surface area contributed by atoms with Gasteiger partial charge in [0.25, 0.3) is 0 Å². The number of amides is 1. The van der Waals surface area contributed by atoms with E-state index in [1.807, 2.05) is 30.3 Å². The first-order valence-electron chi connectivity index (χ1n) is 11.4. The quantitative estimate of drug-likeness (QED) is 0.471. The van der Waals surface area contributed by atoms with Gasteiger partial charge in [-0.1, -0.05) is 28.9 Å². The molecule has 4 rings (SSSR count). The van der Waals surface area contributed by atoms with Crippen LogP contribution in [0.5, 0.6) is 17.2 Å². The highest BCUT2D eigenvalue weighted by atomic mass is 35.5. The number of methoxy groups -OCH3 is 3. The number of carbonyl (C=O) groups is 1. The van der Waals surface area contributed by atoms with Gasteiger partial charge >= 0.3 is 0 Å². The lowest BCUT2D eigenvalue weighted by Gasteiger charge is -2.30. The van der Waals surface area contributed by atoms with E-state index in [0.717, 1.165) is 30.5 Å². The molecule has 1 aliphatic rings. The number of halogens is 1. The highest BCUT2D eigenvalue weighted by Gasteiger charge is 2.27. The zero-order valence-corrected chi connectivity index (χ0v) is 20.8. The van der Waals surface area contributed by atoms with Crippen molar-refractivity contribution in [1.29, 1.82) is 0 Å². The summed E-state index contributed by atoms with van der Waals surface area (Å²) in [6.45, 7) is 2.32. The van der Waals surface area contributed by atoms with Gasteiger partial charge in [0.2, 0.25) is 23.4 Å². The van der Waals surface area contributed by atoms with Crippen molar-refractivity contribution >= 4 is 17.5 Å². The number of rotatable bonds is 9. The third kappa shape index (κ3) is 5.86. The molecule has 1 aromatic heterocycles. The zero-order valence-electron chi connectivity index (χ0n) is 20.0. The lowest BCUT2D eigenvalue weighted by molar-refractivity contribution is -0.127. The van der Waals surface area contributed by atoms with Crippen molar-refractivity contribution in [3.8, 4) is 28.6 Å². The number of ether oxygens (including phenoxy) is 3. The first kappa shape index (κ1) is 24.8. The third-order valence-electron chi connectivity index (χ3n) is 6.01. The molecule has 1 fully saturated rings. The topological polar surface area (TPSA) is 99.0 Å². The van der Waals surface area contributed by atoms with Crippen LogP contribution in [-0.2, 0) is 17.9 Å². The number of nitrogens with zero attached hydrogens (tertiary/aromatic N) is 3. The SMILES string of the molecule is COc1cc(CNC(=O)C2CCCN(Cc3nc(-c4ccccc4Cl)no3)C2)cc(OC)c1OC. The summed E-state index contributed by atoms with van der Waals surface area (Å²) in [7, 11) is 4.69. The molecule has 1 amide bonds. The number of benzene rings is 2. The van der Waals surface area contributed by atoms with Crippen molar-refractivity contribution in [2.75, 3.05) is 34.4 Å². The molecule has 1 aliphatic heterocycles. The zero-order chi connectivity index (χ0) is 24.8. The van der Waals surface area contributed by atoms with Gasteiger partial charge < -0.3 is 24.1 Å². The first-order chi connectivity index (χ1) is 17.0. The van der Waals surface area contributed by atoms with E-state index in [1.54, 1.807) is 27.4 Å². The van der Waals surface area contributed by atoms with E-state index >= 15 is 0 Å². The van der Waals surface area contributed by atoms with Crippen molar-refractivity contribution in [2.45, 2.75) is 25.9 Å². The molecule has 1 N–H and O–H groups in total. The Morgan fingerprint density at radius 3 is 2.60 bits per heavy atom. The molecule has 35 heavy (non-hydrogen) atoms. The molecule has 0 aliphatic carbocycles. The molecule has 10 heteroatoms. The predicted octanol–water partition coefficient (Wildman–Crippen LogP) is 3.94. The van der Waals surface area contributed by atoms with Crippen LogP contribution >= 0.6 is 11.6 Å². The molecule has 9 nitrogen and oxygen atoms in total. The van der Waals surface area contributed by atoms with E-state index in [0.29, 0.717) is 53.6 Å². The van der Waals surface area contributed by atoms with Crippen LogP contribution in [0.25, 0.3) is 11.4 Å². The summed E-state index contributed by atoms with van der Waals surface area (Å²) in [5.74, 6) is 2.46. The van der Waals surface area contributed by atoms with Crippen molar-refractivity contribution < 1.29 is 23.5 Å². The van der Waals surface area contributed by atoms with Crippen molar-refractivity contribution in [3.05, 3.63) is 52.9 Å². The van der Waals surface area contributed by atoms with E-state index in [9.17, 15) is 4.79 Å². The number of nitrogens with one attached hydrogen (secondary N) is 1. The summed E-state index contributed by atoms with van der Waals surface area (Å²) in [5.41, 5.74) is 1.59. The van der Waals surface area contributed by atoms with Gasteiger partial charge in [-0.05, 0) is 49.2 Å². The molecule has 2 aromatic carbocycles. The van der Waals surface area contributed by atoms with Crippen molar-refractivity contribution in [3.63, 3.8) is 0 Å². The third-order valence-corrected chi connectivity index (χ3v) is 6.34. The Kier molecular flexibility index (Phi) is 8.09. The molecule has 186 valence electrons. The lowest BCUT2D eigenvalue weighted by atomic mass is 9.97. The Morgan fingerprint density at radius 2 is 1.91 bits per heavy atom. The van der Waals surface area contributed by atoms with Crippen LogP contribution in [0.4, 0.5) is 0 Å². The fourth-order valence-electron chi connectivity index (χ4n) is 4.25. The second-order valence-electron chi connectivity index (χ2n) is 8.32. The molecule has 0 bridgehead atoms. The Labute approximate surface area is 209 Å². The van der Waals surface area contributed by atoms with Gasteiger partial charge in [0, 0.05) is 18.7 Å². The Bertz CT molecular complexity index is 1140. The first-order valence-corrected chi connectivity index (χ1v) is 11.8. The van der Waals surface area contributed by atoms with Gasteiger partial charge in [0.15, 0.2) is 11.5 Å². The molecular weight excluding hydrogens is 472 g/mol. The van der Waals surface area contributed by atoms with Crippen molar-refractivity contribution in [1.82, 2.24) is 20.4 Å². The number of carbonyl (C=O) groups excluding carboxylic acids is 1. The second-order valence-corrected chi connectivity index (χ2v) is 8.72. The van der Waals surface area contributed by atoms with Gasteiger partial charge in [0.1, 0.15) is 0 Å². The van der Waals surface area contributed by atoms with E-state index in [-0.39, 0.29) is 11.8 Å². The van der Waals surface area contributed by atoms with Gasteiger partial charge in [-0.3, -0.25) is 9.69 Å². The highest BCUT2D eigenvalue weighted by Crippen LogP contribution is 2.38. The maximum atomic E-state index is 12.9. The predicted molar refractivity (Wildman–Crippen MR) is 131 cm³/mol. The minimum atomic E-state index is -0.128. The largest absolute Gasteiger partial charge is 0.493 e. The molecule has 0 spiro atoms. The minimum Gasteiger partial charge on any atom is -0.493 e. The number of piperidine rings is 1. The normalized spacial score (nSPS) is 16.1. The average Bonchev–Trinajstić information content (AvgIpc) is 3.34. The standard InChI is InChI=1S/C25H29ClN4O5/c1-32-20-11-16(12-21(33-2)23(20)34-3)13-27-25(31)17-7-6-10-30(14-17)15-22-28-24(29-35-22)18-8-4-5-9-19(18)26/h4-5,8-9,11-12,17H,6-7,10,13-15H2,1-3H3,(H,27,31). The van der Waals surface area contributed by atoms with Crippen LogP contribution in [0.1, 0.15) is 24.3 Å². The van der Waals surface area contributed by atoms with E-state index in [1.165, 1.54) is 0 Å². The number of aromatic nitrogens is 2. The lowest BCUT2D eigenvalue weighted by Crippen LogP contribution is -2.42. The monoisotopic (exact) mass is 500 g/mol. The average molecular weight is 501 g/mol. The fourth-order valence-corrected chi connectivity index (χ4v) is 4.47. The maximum absolute atomic E-state index is 12.9. The summed E-state index contributed by atoms with van der Waals surface area (Å²) < 4.78 is 21.6. The van der Waals surface area contributed by atoms with Gasteiger partial charge in [-0.15, -0.1) is 0 Å². The Hall–Kier alpha value is -3.30. The van der Waals surface area contributed by atoms with Gasteiger partial charge in [-0.25, -0.2) is 0 Å². The second kappa shape index (κ2) is 11.4. The van der Waals surface area contributed by atoms with Crippen LogP contribution in [0.3, 0.4) is 0 Å². The molecular formula is C25H29ClN4O5. The fraction of sp³-hybridized carbons (Fsp3) is 0.400. The van der Waals surface area contributed by atoms with Crippen LogP contribution in [-0.4, -0.2) is 55.4 Å². The van der Waals surface area contributed by atoms with Gasteiger partial charge in [-0.2, -0.15) is 4.98 Å². The molecule has 2 heterocycles.